The number of halogens is 2. The van der Waals surface area contributed by atoms with Crippen LogP contribution >= 0.6 is 11.6 Å². The fourth-order valence-electron chi connectivity index (χ4n) is 4.90. The SMILES string of the molecule is NC1C2CCC(C2)C1C(=O)N1CCN(C(=O)c2c(F)cccc2Cl)CC1. The molecule has 4 atom stereocenters. The molecule has 2 amide bonds. The van der Waals surface area contributed by atoms with Gasteiger partial charge >= 0.3 is 0 Å². The molecular weight excluding hydrogens is 357 g/mol. The van der Waals surface area contributed by atoms with Gasteiger partial charge in [0.25, 0.3) is 5.91 Å². The highest BCUT2D eigenvalue weighted by Gasteiger charge is 2.50. The zero-order valence-corrected chi connectivity index (χ0v) is 15.3. The minimum Gasteiger partial charge on any atom is -0.339 e. The second-order valence-electron chi connectivity index (χ2n) is 7.65. The third-order valence-electron chi connectivity index (χ3n) is 6.32. The van der Waals surface area contributed by atoms with Gasteiger partial charge in [0.05, 0.1) is 16.5 Å². The number of hydrogen-bond acceptors (Lipinski definition) is 3. The van der Waals surface area contributed by atoms with Crippen LogP contribution in [0.1, 0.15) is 29.6 Å². The van der Waals surface area contributed by atoms with Crippen molar-refractivity contribution in [1.82, 2.24) is 9.80 Å². The summed E-state index contributed by atoms with van der Waals surface area (Å²) in [5, 5.41) is 0.112. The Kier molecular flexibility index (Phi) is 4.65. The first-order valence-corrected chi connectivity index (χ1v) is 9.63. The third kappa shape index (κ3) is 2.89. The maximum Gasteiger partial charge on any atom is 0.258 e. The summed E-state index contributed by atoms with van der Waals surface area (Å²) >= 11 is 6.00. The van der Waals surface area contributed by atoms with Gasteiger partial charge in [-0.25, -0.2) is 4.39 Å². The van der Waals surface area contributed by atoms with Crippen molar-refractivity contribution < 1.29 is 14.0 Å². The van der Waals surface area contributed by atoms with Crippen molar-refractivity contribution in [2.45, 2.75) is 25.3 Å². The molecule has 2 aliphatic carbocycles. The number of carbonyl (C=O) groups excluding carboxylic acids is 2. The van der Waals surface area contributed by atoms with Gasteiger partial charge in [-0.2, -0.15) is 0 Å². The molecule has 0 radical (unpaired) electrons. The van der Waals surface area contributed by atoms with Crippen LogP contribution in [0, 0.1) is 23.6 Å². The van der Waals surface area contributed by atoms with Gasteiger partial charge in [0.1, 0.15) is 5.82 Å². The lowest BCUT2D eigenvalue weighted by atomic mass is 9.84. The molecule has 1 saturated heterocycles. The van der Waals surface area contributed by atoms with Crippen LogP contribution < -0.4 is 5.73 Å². The molecule has 7 heteroatoms. The van der Waals surface area contributed by atoms with Crippen molar-refractivity contribution in [3.05, 3.63) is 34.6 Å². The quantitative estimate of drug-likeness (QED) is 0.856. The fraction of sp³-hybridized carbons (Fsp3) is 0.579. The first-order valence-electron chi connectivity index (χ1n) is 9.25. The molecule has 2 N–H and O–H groups in total. The molecule has 1 aromatic carbocycles. The van der Waals surface area contributed by atoms with Crippen molar-refractivity contribution in [2.24, 2.45) is 23.5 Å². The number of nitrogens with zero attached hydrogens (tertiary/aromatic N) is 2. The molecule has 2 saturated carbocycles. The zero-order chi connectivity index (χ0) is 18.4. The Morgan fingerprint density at radius 1 is 1.08 bits per heavy atom. The summed E-state index contributed by atoms with van der Waals surface area (Å²) in [6.45, 7) is 1.67. The van der Waals surface area contributed by atoms with E-state index in [0.29, 0.717) is 38.0 Å². The van der Waals surface area contributed by atoms with Gasteiger partial charge in [0, 0.05) is 32.2 Å². The summed E-state index contributed by atoms with van der Waals surface area (Å²) in [5.41, 5.74) is 6.19. The van der Waals surface area contributed by atoms with Crippen LogP contribution in [0.3, 0.4) is 0 Å². The number of piperazine rings is 1. The molecule has 1 heterocycles. The number of benzene rings is 1. The highest BCUT2D eigenvalue weighted by Crippen LogP contribution is 2.48. The Labute approximate surface area is 157 Å². The summed E-state index contributed by atoms with van der Waals surface area (Å²) in [4.78, 5) is 28.9. The van der Waals surface area contributed by atoms with Gasteiger partial charge in [-0.1, -0.05) is 17.7 Å². The lowest BCUT2D eigenvalue weighted by Crippen LogP contribution is -2.54. The summed E-state index contributed by atoms with van der Waals surface area (Å²) in [7, 11) is 0. The lowest BCUT2D eigenvalue weighted by molar-refractivity contribution is -0.139. The van der Waals surface area contributed by atoms with Crippen molar-refractivity contribution in [3.63, 3.8) is 0 Å². The predicted octanol–water partition coefficient (Wildman–Crippen LogP) is 2.14. The Hall–Kier alpha value is -1.66. The molecule has 4 rings (SSSR count). The Bertz CT molecular complexity index is 713. The molecular formula is C19H23ClFN3O2. The van der Waals surface area contributed by atoms with Crippen molar-refractivity contribution >= 4 is 23.4 Å². The van der Waals surface area contributed by atoms with Gasteiger partial charge in [-0.05, 0) is 43.2 Å². The van der Waals surface area contributed by atoms with Crippen molar-refractivity contribution in [3.8, 4) is 0 Å². The van der Waals surface area contributed by atoms with Crippen LogP contribution in [0.2, 0.25) is 5.02 Å². The van der Waals surface area contributed by atoms with E-state index in [4.69, 9.17) is 17.3 Å². The second-order valence-corrected chi connectivity index (χ2v) is 8.06. The molecule has 3 aliphatic rings. The minimum absolute atomic E-state index is 0.0295. The van der Waals surface area contributed by atoms with E-state index in [1.54, 1.807) is 4.90 Å². The lowest BCUT2D eigenvalue weighted by Gasteiger charge is -2.38. The van der Waals surface area contributed by atoms with E-state index in [-0.39, 0.29) is 28.5 Å². The minimum atomic E-state index is -0.617. The average molecular weight is 380 g/mol. The molecule has 1 aromatic rings. The topological polar surface area (TPSA) is 66.6 Å². The molecule has 0 aromatic heterocycles. The third-order valence-corrected chi connectivity index (χ3v) is 6.64. The maximum atomic E-state index is 14.0. The predicted molar refractivity (Wildman–Crippen MR) is 96.2 cm³/mol. The summed E-state index contributed by atoms with van der Waals surface area (Å²) < 4.78 is 14.0. The molecule has 140 valence electrons. The Morgan fingerprint density at radius 3 is 2.35 bits per heavy atom. The number of carbonyl (C=O) groups is 2. The van der Waals surface area contributed by atoms with Gasteiger partial charge in [0.2, 0.25) is 5.91 Å². The number of fused-ring (bicyclic) bond motifs is 2. The Balaban J connectivity index is 1.40. The van der Waals surface area contributed by atoms with Crippen LogP contribution in [-0.2, 0) is 4.79 Å². The standard InChI is InChI=1S/C19H23ClFN3O2/c20-13-2-1-3-14(21)16(13)19(26)24-8-6-23(7-9-24)18(25)15-11-4-5-12(10-11)17(15)22/h1-3,11-12,15,17H,4-10,22H2. The zero-order valence-electron chi connectivity index (χ0n) is 14.5. The second kappa shape index (κ2) is 6.82. The van der Waals surface area contributed by atoms with Crippen molar-refractivity contribution in [1.29, 1.82) is 0 Å². The molecule has 2 bridgehead atoms. The number of hydrogen-bond donors (Lipinski definition) is 1. The van der Waals surface area contributed by atoms with Crippen LogP contribution in [-0.4, -0.2) is 53.8 Å². The summed E-state index contributed by atoms with van der Waals surface area (Å²) in [6.07, 6.45) is 3.31. The average Bonchev–Trinajstić information content (AvgIpc) is 3.22. The van der Waals surface area contributed by atoms with E-state index in [1.807, 2.05) is 4.90 Å². The molecule has 0 spiro atoms. The van der Waals surface area contributed by atoms with E-state index in [1.165, 1.54) is 18.2 Å². The van der Waals surface area contributed by atoms with E-state index >= 15 is 0 Å². The number of amides is 2. The van der Waals surface area contributed by atoms with Crippen LogP contribution in [0.5, 0.6) is 0 Å². The normalized spacial score (nSPS) is 30.7. The number of rotatable bonds is 2. The largest absolute Gasteiger partial charge is 0.339 e. The van der Waals surface area contributed by atoms with Gasteiger partial charge < -0.3 is 15.5 Å². The van der Waals surface area contributed by atoms with E-state index in [2.05, 4.69) is 0 Å². The van der Waals surface area contributed by atoms with Gasteiger partial charge in [-0.15, -0.1) is 0 Å². The van der Waals surface area contributed by atoms with Crippen molar-refractivity contribution in [2.75, 3.05) is 26.2 Å². The fourth-order valence-corrected chi connectivity index (χ4v) is 5.15. The van der Waals surface area contributed by atoms with Gasteiger partial charge in [0.15, 0.2) is 0 Å². The van der Waals surface area contributed by atoms with E-state index in [0.717, 1.165) is 19.3 Å². The first kappa shape index (κ1) is 17.7. The first-order chi connectivity index (χ1) is 12.5. The monoisotopic (exact) mass is 379 g/mol. The molecule has 4 unspecified atom stereocenters. The smallest absolute Gasteiger partial charge is 0.258 e. The molecule has 1 aliphatic heterocycles. The van der Waals surface area contributed by atoms with E-state index in [9.17, 15) is 14.0 Å². The molecule has 5 nitrogen and oxygen atoms in total. The number of nitrogens with two attached hydrogens (primary N) is 1. The maximum absolute atomic E-state index is 14.0. The van der Waals surface area contributed by atoms with Crippen LogP contribution in [0.25, 0.3) is 0 Å². The van der Waals surface area contributed by atoms with E-state index < -0.39 is 11.7 Å². The highest BCUT2D eigenvalue weighted by molar-refractivity contribution is 6.33. The van der Waals surface area contributed by atoms with Gasteiger partial charge in [-0.3, -0.25) is 9.59 Å². The molecule has 3 fully saturated rings. The molecule has 26 heavy (non-hydrogen) atoms. The Morgan fingerprint density at radius 2 is 1.73 bits per heavy atom. The highest BCUT2D eigenvalue weighted by atomic mass is 35.5. The summed E-state index contributed by atoms with van der Waals surface area (Å²) in [6, 6.07) is 4.19. The summed E-state index contributed by atoms with van der Waals surface area (Å²) in [5.74, 6) is -0.0806. The van der Waals surface area contributed by atoms with Crippen LogP contribution in [0.4, 0.5) is 4.39 Å². The van der Waals surface area contributed by atoms with Crippen LogP contribution in [0.15, 0.2) is 18.2 Å².